The molecule has 0 fully saturated rings. The van der Waals surface area contributed by atoms with E-state index in [1.165, 1.54) is 22.3 Å². The van der Waals surface area contributed by atoms with Crippen molar-refractivity contribution in [3.63, 3.8) is 0 Å². The molecule has 0 N–H and O–H groups in total. The highest BCUT2D eigenvalue weighted by Gasteiger charge is 2.28. The second-order valence-electron chi connectivity index (χ2n) is 14.5. The van der Waals surface area contributed by atoms with Crippen LogP contribution in [0.15, 0.2) is 79.6 Å². The van der Waals surface area contributed by atoms with Gasteiger partial charge in [-0.2, -0.15) is 0 Å². The number of aromatic nitrogens is 8. The number of aryl methyl sites for hydroxylation is 2. The van der Waals surface area contributed by atoms with E-state index in [-0.39, 0.29) is 0 Å². The van der Waals surface area contributed by atoms with E-state index in [9.17, 15) is 0 Å². The quantitative estimate of drug-likeness (QED) is 0.166. The molecule has 0 aliphatic rings. The van der Waals surface area contributed by atoms with Crippen molar-refractivity contribution in [3.8, 4) is 33.6 Å². The molecule has 8 rings (SSSR count). The average Bonchev–Trinajstić information content (AvgIpc) is 3.19. The second kappa shape index (κ2) is 13.7. The lowest BCUT2D eigenvalue weighted by molar-refractivity contribution is 1.11. The standard InChI is InChI=1S/C46H43N9/c1-24-12-11-13-25(2)38(24)34-14-16-35(17-15-34)55(41-30(7)26(3)39(27(4)31(41)8)36-22-51-43-45(53-36)49-20-18-47-43)42-32(9)28(5)40(29(6)33(42)10)37-23-52-44-46(54-37)50-21-19-48-44/h11-23H,1-10H3. The molecule has 272 valence electrons. The minimum atomic E-state index is 0.532. The fourth-order valence-electron chi connectivity index (χ4n) is 8.20. The van der Waals surface area contributed by atoms with Gasteiger partial charge in [-0.25, -0.2) is 39.9 Å². The first kappa shape index (κ1) is 35.5. The lowest BCUT2D eigenvalue weighted by Crippen LogP contribution is -2.18. The van der Waals surface area contributed by atoms with E-state index >= 15 is 0 Å². The van der Waals surface area contributed by atoms with Crippen molar-refractivity contribution in [1.29, 1.82) is 0 Å². The number of benzene rings is 4. The molecule has 4 aromatic carbocycles. The van der Waals surface area contributed by atoms with E-state index < -0.39 is 0 Å². The van der Waals surface area contributed by atoms with Crippen LogP contribution in [0.4, 0.5) is 17.1 Å². The minimum Gasteiger partial charge on any atom is -0.309 e. The maximum absolute atomic E-state index is 4.93. The minimum absolute atomic E-state index is 0.532. The zero-order chi connectivity index (χ0) is 38.7. The summed E-state index contributed by atoms with van der Waals surface area (Å²) >= 11 is 0. The van der Waals surface area contributed by atoms with Gasteiger partial charge in [0.05, 0.1) is 35.2 Å². The van der Waals surface area contributed by atoms with Crippen LogP contribution in [-0.2, 0) is 0 Å². The van der Waals surface area contributed by atoms with Crippen molar-refractivity contribution < 1.29 is 0 Å². The highest BCUT2D eigenvalue weighted by molar-refractivity contribution is 5.91. The normalized spacial score (nSPS) is 11.5. The van der Waals surface area contributed by atoms with Gasteiger partial charge in [0.15, 0.2) is 22.6 Å². The summed E-state index contributed by atoms with van der Waals surface area (Å²) in [4.78, 5) is 39.2. The van der Waals surface area contributed by atoms with E-state index in [1.54, 1.807) is 24.8 Å². The van der Waals surface area contributed by atoms with Crippen LogP contribution in [0.2, 0.25) is 0 Å². The monoisotopic (exact) mass is 721 g/mol. The molecule has 4 heterocycles. The largest absolute Gasteiger partial charge is 0.309 e. The number of rotatable bonds is 6. The van der Waals surface area contributed by atoms with Crippen LogP contribution in [0.1, 0.15) is 55.6 Å². The molecule has 55 heavy (non-hydrogen) atoms. The topological polar surface area (TPSA) is 106 Å². The molecule has 0 amide bonds. The first-order valence-electron chi connectivity index (χ1n) is 18.5. The van der Waals surface area contributed by atoms with E-state index in [2.05, 4.69) is 147 Å². The summed E-state index contributed by atoms with van der Waals surface area (Å²) in [5, 5.41) is 0. The molecule has 0 spiro atoms. The van der Waals surface area contributed by atoms with E-state index in [1.807, 2.05) is 12.4 Å². The smallest absolute Gasteiger partial charge is 0.198 e. The lowest BCUT2D eigenvalue weighted by Gasteiger charge is -2.35. The van der Waals surface area contributed by atoms with Gasteiger partial charge in [-0.3, -0.25) is 0 Å². The molecule has 9 heteroatoms. The Labute approximate surface area is 321 Å². The highest BCUT2D eigenvalue weighted by atomic mass is 15.2. The molecule has 0 bridgehead atoms. The number of anilines is 3. The summed E-state index contributed by atoms with van der Waals surface area (Å²) in [6, 6.07) is 15.5. The maximum atomic E-state index is 4.93. The summed E-state index contributed by atoms with van der Waals surface area (Å²) in [6.45, 7) is 22.0. The summed E-state index contributed by atoms with van der Waals surface area (Å²) in [5.74, 6) is 0. The van der Waals surface area contributed by atoms with Crippen molar-refractivity contribution >= 4 is 39.7 Å². The first-order chi connectivity index (χ1) is 26.5. The van der Waals surface area contributed by atoms with Crippen molar-refractivity contribution in [2.75, 3.05) is 4.90 Å². The molecular weight excluding hydrogens is 679 g/mol. The lowest BCUT2D eigenvalue weighted by atomic mass is 9.87. The molecule has 0 aliphatic carbocycles. The van der Waals surface area contributed by atoms with Gasteiger partial charge in [-0.1, -0.05) is 30.3 Å². The van der Waals surface area contributed by atoms with Gasteiger partial charge in [0, 0.05) is 41.6 Å². The van der Waals surface area contributed by atoms with Crippen LogP contribution < -0.4 is 4.90 Å². The summed E-state index contributed by atoms with van der Waals surface area (Å²) in [5.41, 5.74) is 23.4. The molecular formula is C46H43N9. The van der Waals surface area contributed by atoms with Crippen LogP contribution >= 0.6 is 0 Å². The van der Waals surface area contributed by atoms with E-state index in [0.717, 1.165) is 84.1 Å². The predicted molar refractivity (Wildman–Crippen MR) is 222 cm³/mol. The molecule has 0 saturated carbocycles. The second-order valence-corrected chi connectivity index (χ2v) is 14.5. The third kappa shape index (κ3) is 5.87. The Morgan fingerprint density at radius 2 is 0.764 bits per heavy atom. The molecule has 0 radical (unpaired) electrons. The zero-order valence-corrected chi connectivity index (χ0v) is 33.0. The Hall–Kier alpha value is -6.48. The van der Waals surface area contributed by atoms with Crippen LogP contribution in [0.5, 0.6) is 0 Å². The maximum Gasteiger partial charge on any atom is 0.198 e. The van der Waals surface area contributed by atoms with Crippen molar-refractivity contribution in [2.45, 2.75) is 69.2 Å². The fourth-order valence-corrected chi connectivity index (χ4v) is 8.20. The van der Waals surface area contributed by atoms with Crippen LogP contribution in [-0.4, -0.2) is 39.9 Å². The number of hydrogen-bond acceptors (Lipinski definition) is 9. The van der Waals surface area contributed by atoms with Crippen LogP contribution in [0.3, 0.4) is 0 Å². The Morgan fingerprint density at radius 1 is 0.382 bits per heavy atom. The van der Waals surface area contributed by atoms with E-state index in [4.69, 9.17) is 9.97 Å². The molecule has 0 aliphatic heterocycles. The fraction of sp³-hybridized carbons (Fsp3) is 0.217. The SMILES string of the molecule is Cc1cccc(C)c1-c1ccc(N(c2c(C)c(C)c(-c3cnc4nccnc4n3)c(C)c2C)c2c(C)c(C)c(-c3cnc4nccnc4n3)c(C)c2C)cc1. The van der Waals surface area contributed by atoms with Gasteiger partial charge in [-0.15, -0.1) is 0 Å². The Morgan fingerprint density at radius 3 is 1.16 bits per heavy atom. The van der Waals surface area contributed by atoms with E-state index in [0.29, 0.717) is 22.6 Å². The van der Waals surface area contributed by atoms with Crippen molar-refractivity contribution in [3.05, 3.63) is 135 Å². The summed E-state index contributed by atoms with van der Waals surface area (Å²) in [6.07, 6.45) is 10.2. The van der Waals surface area contributed by atoms with Gasteiger partial charge in [0.2, 0.25) is 0 Å². The van der Waals surface area contributed by atoms with Crippen molar-refractivity contribution in [2.24, 2.45) is 0 Å². The Kier molecular flexibility index (Phi) is 8.88. The predicted octanol–water partition coefficient (Wildman–Crippen LogP) is 10.7. The number of hydrogen-bond donors (Lipinski definition) is 0. The van der Waals surface area contributed by atoms with Crippen LogP contribution in [0.25, 0.3) is 56.2 Å². The Bertz CT molecular complexity index is 2600. The molecule has 9 nitrogen and oxygen atoms in total. The molecule has 8 aromatic rings. The van der Waals surface area contributed by atoms with Crippen LogP contribution in [0, 0.1) is 69.2 Å². The van der Waals surface area contributed by atoms with Gasteiger partial charge in [0.1, 0.15) is 0 Å². The van der Waals surface area contributed by atoms with Gasteiger partial charge < -0.3 is 4.90 Å². The van der Waals surface area contributed by atoms with Crippen molar-refractivity contribution in [1.82, 2.24) is 39.9 Å². The molecule has 0 unspecified atom stereocenters. The summed E-state index contributed by atoms with van der Waals surface area (Å²) in [7, 11) is 0. The van der Waals surface area contributed by atoms with Gasteiger partial charge >= 0.3 is 0 Å². The highest BCUT2D eigenvalue weighted by Crippen LogP contribution is 2.49. The molecule has 0 atom stereocenters. The molecule has 0 saturated heterocycles. The number of nitrogens with zero attached hydrogens (tertiary/aromatic N) is 9. The van der Waals surface area contributed by atoms with Gasteiger partial charge in [-0.05, 0) is 148 Å². The average molecular weight is 722 g/mol. The molecule has 4 aromatic heterocycles. The first-order valence-corrected chi connectivity index (χ1v) is 18.5. The zero-order valence-electron chi connectivity index (χ0n) is 33.0. The Balaban J connectivity index is 1.37. The summed E-state index contributed by atoms with van der Waals surface area (Å²) < 4.78 is 0. The third-order valence-corrected chi connectivity index (χ3v) is 11.4. The van der Waals surface area contributed by atoms with Gasteiger partial charge in [0.25, 0.3) is 0 Å². The number of fused-ring (bicyclic) bond motifs is 2. The third-order valence-electron chi connectivity index (χ3n) is 11.4.